The molecule has 35 heavy (non-hydrogen) atoms. The van der Waals surface area contributed by atoms with E-state index in [1.165, 1.54) is 0 Å². The van der Waals surface area contributed by atoms with Crippen LogP contribution < -0.4 is 5.32 Å². The van der Waals surface area contributed by atoms with E-state index in [0.29, 0.717) is 125 Å². The molecule has 1 fully saturated rings. The van der Waals surface area contributed by atoms with E-state index in [9.17, 15) is 0 Å². The fraction of sp³-hybridized carbons (Fsp3) is 1.00. The largest absolute Gasteiger partial charge is 0.382 e. The van der Waals surface area contributed by atoms with Gasteiger partial charge in [-0.2, -0.15) is 0 Å². The number of hydrogen-bond acceptors (Lipinski definition) is 11. The minimum atomic E-state index is 0.378. The highest BCUT2D eigenvalue weighted by molar-refractivity contribution is 4.67. The molecule has 210 valence electrons. The Morgan fingerprint density at radius 2 is 0.714 bits per heavy atom. The summed E-state index contributed by atoms with van der Waals surface area (Å²) in [5.41, 5.74) is 0. The third-order valence-electron chi connectivity index (χ3n) is 4.90. The smallest absolute Gasteiger partial charge is 0.0704 e. The summed E-state index contributed by atoms with van der Waals surface area (Å²) in [6.07, 6.45) is 2.55. The molecule has 0 bridgehead atoms. The van der Waals surface area contributed by atoms with E-state index in [1.807, 2.05) is 0 Å². The van der Waals surface area contributed by atoms with Gasteiger partial charge in [0.15, 0.2) is 0 Å². The molecular weight excluding hydrogens is 462 g/mol. The molecule has 11 nitrogen and oxygen atoms in total. The first-order valence-corrected chi connectivity index (χ1v) is 12.9. The van der Waals surface area contributed by atoms with E-state index >= 15 is 0 Å². The highest BCUT2D eigenvalue weighted by Gasteiger charge is 2.12. The van der Waals surface area contributed by atoms with Crippen molar-refractivity contribution in [2.24, 2.45) is 0 Å². The van der Waals surface area contributed by atoms with Gasteiger partial charge in [0.1, 0.15) is 0 Å². The Labute approximate surface area is 211 Å². The molecule has 0 aromatic heterocycles. The molecule has 0 aliphatic carbocycles. The average Bonchev–Trinajstić information content (AvgIpc) is 2.89. The molecule has 0 unspecified atom stereocenters. The molecule has 0 radical (unpaired) electrons. The van der Waals surface area contributed by atoms with Gasteiger partial charge in [-0.1, -0.05) is 0 Å². The molecule has 1 aliphatic heterocycles. The van der Waals surface area contributed by atoms with Crippen molar-refractivity contribution >= 4 is 0 Å². The van der Waals surface area contributed by atoms with Gasteiger partial charge >= 0.3 is 0 Å². The van der Waals surface area contributed by atoms with Gasteiger partial charge < -0.3 is 52.7 Å². The summed E-state index contributed by atoms with van der Waals surface area (Å²) < 4.78 is 54.1. The summed E-state index contributed by atoms with van der Waals surface area (Å²) in [5.74, 6) is 0. The Morgan fingerprint density at radius 3 is 1.03 bits per heavy atom. The average molecular weight is 512 g/mol. The second-order valence-corrected chi connectivity index (χ2v) is 7.71. The number of piperidine rings is 1. The Hall–Kier alpha value is -0.440. The summed E-state index contributed by atoms with van der Waals surface area (Å²) in [5, 5.41) is 3.33. The van der Waals surface area contributed by atoms with Gasteiger partial charge in [0.05, 0.1) is 125 Å². The molecule has 0 saturated carbocycles. The van der Waals surface area contributed by atoms with Crippen LogP contribution in [0.2, 0.25) is 0 Å². The van der Waals surface area contributed by atoms with Crippen molar-refractivity contribution < 1.29 is 47.4 Å². The van der Waals surface area contributed by atoms with Crippen molar-refractivity contribution in [3.63, 3.8) is 0 Å². The first-order valence-electron chi connectivity index (χ1n) is 12.9. The second-order valence-electron chi connectivity index (χ2n) is 7.71. The van der Waals surface area contributed by atoms with Crippen molar-refractivity contribution in [2.75, 3.05) is 139 Å². The second kappa shape index (κ2) is 28.1. The standard InChI is InChI=1S/C24H49NO10/c1-26-6-7-27-8-9-28-10-11-29-12-13-30-14-15-31-16-17-32-18-19-33-20-21-34-22-23-35-24-2-4-25-5-3-24/h24-25H,2-23H2,1H3. The molecule has 1 heterocycles. The van der Waals surface area contributed by atoms with E-state index in [-0.39, 0.29) is 0 Å². The number of nitrogens with one attached hydrogen (secondary N) is 1. The molecule has 0 atom stereocenters. The maximum absolute atomic E-state index is 5.78. The fourth-order valence-electron chi connectivity index (χ4n) is 3.02. The van der Waals surface area contributed by atoms with Crippen LogP contribution in [0.15, 0.2) is 0 Å². The minimum absolute atomic E-state index is 0.378. The van der Waals surface area contributed by atoms with Gasteiger partial charge in [0, 0.05) is 7.11 Å². The topological polar surface area (TPSA) is 104 Å². The van der Waals surface area contributed by atoms with Gasteiger partial charge in [-0.05, 0) is 25.9 Å². The first-order chi connectivity index (χ1) is 17.4. The molecule has 0 aromatic carbocycles. The Kier molecular flexibility index (Phi) is 26.2. The van der Waals surface area contributed by atoms with Crippen molar-refractivity contribution in [3.05, 3.63) is 0 Å². The van der Waals surface area contributed by atoms with Crippen molar-refractivity contribution in [1.29, 1.82) is 0 Å². The van der Waals surface area contributed by atoms with Crippen molar-refractivity contribution in [1.82, 2.24) is 5.32 Å². The van der Waals surface area contributed by atoms with E-state index in [4.69, 9.17) is 47.4 Å². The molecule has 0 spiro atoms. The SMILES string of the molecule is COCCOCCOCCOCCOCCOCCOCCOCCOCCOC1CCNCC1. The lowest BCUT2D eigenvalue weighted by Gasteiger charge is -2.22. The van der Waals surface area contributed by atoms with E-state index < -0.39 is 0 Å². The van der Waals surface area contributed by atoms with Gasteiger partial charge in [-0.15, -0.1) is 0 Å². The summed E-state index contributed by atoms with van der Waals surface area (Å²) in [7, 11) is 1.65. The van der Waals surface area contributed by atoms with E-state index in [2.05, 4.69) is 5.32 Å². The van der Waals surface area contributed by atoms with Gasteiger partial charge in [0.2, 0.25) is 0 Å². The summed E-state index contributed by atoms with van der Waals surface area (Å²) in [6.45, 7) is 12.2. The molecule has 1 saturated heterocycles. The molecule has 11 heteroatoms. The van der Waals surface area contributed by atoms with Crippen LogP contribution >= 0.6 is 0 Å². The molecule has 0 amide bonds. The van der Waals surface area contributed by atoms with Gasteiger partial charge in [-0.3, -0.25) is 0 Å². The predicted octanol–water partition coefficient (Wildman–Crippen LogP) is 0.534. The molecule has 1 N–H and O–H groups in total. The summed E-state index contributed by atoms with van der Waals surface area (Å²) in [6, 6.07) is 0. The first kappa shape index (κ1) is 32.6. The highest BCUT2D eigenvalue weighted by Crippen LogP contribution is 2.06. The zero-order chi connectivity index (χ0) is 24.9. The zero-order valence-electron chi connectivity index (χ0n) is 21.7. The van der Waals surface area contributed by atoms with Crippen LogP contribution in [0.4, 0.5) is 0 Å². The Bertz CT molecular complexity index is 403. The highest BCUT2D eigenvalue weighted by atomic mass is 16.6. The van der Waals surface area contributed by atoms with Crippen LogP contribution in [0.3, 0.4) is 0 Å². The van der Waals surface area contributed by atoms with Crippen LogP contribution in [-0.4, -0.2) is 145 Å². The normalized spacial score (nSPS) is 14.7. The minimum Gasteiger partial charge on any atom is -0.382 e. The fourth-order valence-corrected chi connectivity index (χ4v) is 3.02. The summed E-state index contributed by atoms with van der Waals surface area (Å²) in [4.78, 5) is 0. The van der Waals surface area contributed by atoms with Gasteiger partial charge in [0.25, 0.3) is 0 Å². The maximum Gasteiger partial charge on any atom is 0.0704 e. The van der Waals surface area contributed by atoms with Crippen LogP contribution in [0.1, 0.15) is 12.8 Å². The molecule has 0 aromatic rings. The lowest BCUT2D eigenvalue weighted by Crippen LogP contribution is -2.33. The quantitative estimate of drug-likeness (QED) is 0.149. The number of rotatable bonds is 28. The van der Waals surface area contributed by atoms with Crippen LogP contribution in [0.25, 0.3) is 0 Å². The third-order valence-corrected chi connectivity index (χ3v) is 4.90. The number of methoxy groups -OCH3 is 1. The third kappa shape index (κ3) is 25.0. The number of hydrogen-bond donors (Lipinski definition) is 1. The van der Waals surface area contributed by atoms with E-state index in [1.54, 1.807) is 7.11 Å². The Morgan fingerprint density at radius 1 is 0.429 bits per heavy atom. The number of ether oxygens (including phenoxy) is 10. The van der Waals surface area contributed by atoms with Crippen molar-refractivity contribution in [3.8, 4) is 0 Å². The Balaban J connectivity index is 1.61. The van der Waals surface area contributed by atoms with Crippen LogP contribution in [0.5, 0.6) is 0 Å². The predicted molar refractivity (Wildman–Crippen MR) is 130 cm³/mol. The van der Waals surface area contributed by atoms with Crippen LogP contribution in [0, 0.1) is 0 Å². The molecule has 1 aliphatic rings. The van der Waals surface area contributed by atoms with E-state index in [0.717, 1.165) is 25.9 Å². The van der Waals surface area contributed by atoms with Crippen LogP contribution in [-0.2, 0) is 47.4 Å². The monoisotopic (exact) mass is 511 g/mol. The van der Waals surface area contributed by atoms with Gasteiger partial charge in [-0.25, -0.2) is 0 Å². The lowest BCUT2D eigenvalue weighted by atomic mass is 10.1. The molecular formula is C24H49NO10. The summed E-state index contributed by atoms with van der Waals surface area (Å²) >= 11 is 0. The van der Waals surface area contributed by atoms with Crippen molar-refractivity contribution in [2.45, 2.75) is 18.9 Å². The zero-order valence-corrected chi connectivity index (χ0v) is 21.7. The maximum atomic E-state index is 5.78. The molecule has 1 rings (SSSR count). The lowest BCUT2D eigenvalue weighted by molar-refractivity contribution is -0.0320.